The number of aromatic nitrogens is 1. The molecule has 0 N–H and O–H groups in total. The van der Waals surface area contributed by atoms with Crippen molar-refractivity contribution in [2.24, 2.45) is 7.05 Å². The highest BCUT2D eigenvalue weighted by molar-refractivity contribution is 9.10. The van der Waals surface area contributed by atoms with Gasteiger partial charge in [0.25, 0.3) is 0 Å². The van der Waals surface area contributed by atoms with Crippen LogP contribution in [0.1, 0.15) is 11.1 Å². The van der Waals surface area contributed by atoms with Crippen molar-refractivity contribution < 1.29 is 0 Å². The molecule has 0 amide bonds. The van der Waals surface area contributed by atoms with Gasteiger partial charge in [-0.15, -0.1) is 0 Å². The fourth-order valence-electron chi connectivity index (χ4n) is 3.47. The van der Waals surface area contributed by atoms with Crippen molar-refractivity contribution in [1.29, 1.82) is 0 Å². The number of nitrogens with zero attached hydrogens (tertiary/aromatic N) is 1. The lowest BCUT2D eigenvalue weighted by atomic mass is 9.97. The number of rotatable bonds is 2. The summed E-state index contributed by atoms with van der Waals surface area (Å²) in [7, 11) is 2.15. The second kappa shape index (κ2) is 6.20. The summed E-state index contributed by atoms with van der Waals surface area (Å²) < 4.78 is 3.41. The highest BCUT2D eigenvalue weighted by Gasteiger charge is 2.18. The lowest BCUT2D eigenvalue weighted by Crippen LogP contribution is -1.93. The van der Waals surface area contributed by atoms with Crippen LogP contribution in [-0.4, -0.2) is 4.57 Å². The van der Waals surface area contributed by atoms with Gasteiger partial charge < -0.3 is 4.57 Å². The van der Waals surface area contributed by atoms with E-state index in [0.29, 0.717) is 0 Å². The molecule has 1 nitrogen and oxygen atoms in total. The lowest BCUT2D eigenvalue weighted by Gasteiger charge is -2.10. The smallest absolute Gasteiger partial charge is 0.0568 e. The van der Waals surface area contributed by atoms with E-state index in [1.165, 1.54) is 44.4 Å². The molecule has 0 saturated carbocycles. The van der Waals surface area contributed by atoms with Crippen LogP contribution in [0.4, 0.5) is 0 Å². The summed E-state index contributed by atoms with van der Waals surface area (Å²) >= 11 is 3.62. The van der Waals surface area contributed by atoms with E-state index in [0.717, 1.165) is 4.47 Å². The van der Waals surface area contributed by atoms with Crippen LogP contribution in [0, 0.1) is 13.8 Å². The summed E-state index contributed by atoms with van der Waals surface area (Å²) in [4.78, 5) is 0. The first-order chi connectivity index (χ1) is 12.0. The average molecular weight is 390 g/mol. The normalized spacial score (nSPS) is 11.2. The molecule has 0 aliphatic rings. The molecule has 0 unspecified atom stereocenters. The largest absolute Gasteiger partial charge is 0.343 e. The molecule has 0 atom stereocenters. The van der Waals surface area contributed by atoms with Gasteiger partial charge >= 0.3 is 0 Å². The van der Waals surface area contributed by atoms with Crippen LogP contribution >= 0.6 is 15.9 Å². The third kappa shape index (κ3) is 2.81. The first-order valence-corrected chi connectivity index (χ1v) is 9.26. The van der Waals surface area contributed by atoms with Gasteiger partial charge in [0.1, 0.15) is 0 Å². The topological polar surface area (TPSA) is 4.93 Å². The summed E-state index contributed by atoms with van der Waals surface area (Å²) in [5, 5.41) is 1.28. The maximum Gasteiger partial charge on any atom is 0.0568 e. The summed E-state index contributed by atoms with van der Waals surface area (Å²) in [5.41, 5.74) is 8.86. The van der Waals surface area contributed by atoms with Crippen molar-refractivity contribution in [2.45, 2.75) is 13.8 Å². The number of hydrogen-bond acceptors (Lipinski definition) is 0. The van der Waals surface area contributed by atoms with Gasteiger partial charge in [-0.2, -0.15) is 0 Å². The van der Waals surface area contributed by atoms with E-state index in [2.05, 4.69) is 108 Å². The van der Waals surface area contributed by atoms with Crippen molar-refractivity contribution in [3.05, 3.63) is 82.3 Å². The Morgan fingerprint density at radius 1 is 0.720 bits per heavy atom. The van der Waals surface area contributed by atoms with Gasteiger partial charge in [-0.3, -0.25) is 0 Å². The molecule has 2 heteroatoms. The highest BCUT2D eigenvalue weighted by Crippen LogP contribution is 2.41. The van der Waals surface area contributed by atoms with Crippen molar-refractivity contribution in [3.63, 3.8) is 0 Å². The van der Waals surface area contributed by atoms with Crippen molar-refractivity contribution in [2.75, 3.05) is 0 Å². The van der Waals surface area contributed by atoms with Crippen LogP contribution in [0.15, 0.2) is 71.2 Å². The second-order valence-electron chi connectivity index (χ2n) is 6.68. The summed E-state index contributed by atoms with van der Waals surface area (Å²) in [5.74, 6) is 0. The van der Waals surface area contributed by atoms with E-state index in [1.807, 2.05) is 0 Å². The molecule has 124 valence electrons. The summed E-state index contributed by atoms with van der Waals surface area (Å²) in [6, 6.07) is 24.2. The lowest BCUT2D eigenvalue weighted by molar-refractivity contribution is 0.978. The standard InChI is InChI=1S/C23H20BrN/c1-15-4-8-17(9-5-15)22-20-13-12-19(24)14-21(20)25(3)23(22)18-10-6-16(2)7-11-18/h4-14H,1-3H3. The third-order valence-electron chi connectivity index (χ3n) is 4.83. The Bertz CT molecular complexity index is 1050. The van der Waals surface area contributed by atoms with E-state index in [9.17, 15) is 0 Å². The molecule has 0 fully saturated rings. The Morgan fingerprint density at radius 2 is 1.28 bits per heavy atom. The van der Waals surface area contributed by atoms with Gasteiger partial charge in [-0.25, -0.2) is 0 Å². The molecular weight excluding hydrogens is 370 g/mol. The molecular formula is C23H20BrN. The van der Waals surface area contributed by atoms with Crippen LogP contribution in [0.5, 0.6) is 0 Å². The van der Waals surface area contributed by atoms with Crippen molar-refractivity contribution >= 4 is 26.8 Å². The fraction of sp³-hybridized carbons (Fsp3) is 0.130. The molecule has 1 heterocycles. The van der Waals surface area contributed by atoms with E-state index in [-0.39, 0.29) is 0 Å². The molecule has 4 aromatic rings. The number of aryl methyl sites for hydroxylation is 3. The zero-order valence-electron chi connectivity index (χ0n) is 14.7. The first kappa shape index (κ1) is 16.2. The minimum Gasteiger partial charge on any atom is -0.343 e. The van der Waals surface area contributed by atoms with E-state index >= 15 is 0 Å². The molecule has 0 bridgehead atoms. The minimum atomic E-state index is 1.10. The SMILES string of the molecule is Cc1ccc(-c2c(-c3ccc(C)cc3)n(C)c3cc(Br)ccc23)cc1. The third-order valence-corrected chi connectivity index (χ3v) is 5.32. The molecule has 1 aromatic heterocycles. The Hall–Kier alpha value is -2.32. The maximum absolute atomic E-state index is 3.62. The summed E-state index contributed by atoms with van der Waals surface area (Å²) in [6.45, 7) is 4.26. The van der Waals surface area contributed by atoms with Gasteiger partial charge in [-0.05, 0) is 37.1 Å². The molecule has 0 saturated heterocycles. The summed E-state index contributed by atoms with van der Waals surface area (Å²) in [6.07, 6.45) is 0. The van der Waals surface area contributed by atoms with Crippen LogP contribution in [-0.2, 0) is 7.05 Å². The molecule has 0 radical (unpaired) electrons. The van der Waals surface area contributed by atoms with Crippen LogP contribution in [0.2, 0.25) is 0 Å². The van der Waals surface area contributed by atoms with Crippen LogP contribution in [0.3, 0.4) is 0 Å². The second-order valence-corrected chi connectivity index (χ2v) is 7.59. The van der Waals surface area contributed by atoms with Gasteiger partial charge in [0.2, 0.25) is 0 Å². The number of hydrogen-bond donors (Lipinski definition) is 0. The fourth-order valence-corrected chi connectivity index (χ4v) is 3.82. The van der Waals surface area contributed by atoms with Gasteiger partial charge in [-0.1, -0.05) is 81.7 Å². The number of fused-ring (bicyclic) bond motifs is 1. The molecule has 0 aliphatic heterocycles. The quantitative estimate of drug-likeness (QED) is 0.351. The van der Waals surface area contributed by atoms with E-state index < -0.39 is 0 Å². The van der Waals surface area contributed by atoms with Crippen LogP contribution < -0.4 is 0 Å². The molecule has 3 aromatic carbocycles. The van der Waals surface area contributed by atoms with Crippen molar-refractivity contribution in [3.8, 4) is 22.4 Å². The molecule has 25 heavy (non-hydrogen) atoms. The van der Waals surface area contributed by atoms with Crippen LogP contribution in [0.25, 0.3) is 33.3 Å². The zero-order chi connectivity index (χ0) is 17.6. The Kier molecular flexibility index (Phi) is 4.01. The van der Waals surface area contributed by atoms with E-state index in [4.69, 9.17) is 0 Å². The number of halogens is 1. The monoisotopic (exact) mass is 389 g/mol. The number of benzene rings is 3. The van der Waals surface area contributed by atoms with Gasteiger partial charge in [0.05, 0.1) is 5.69 Å². The van der Waals surface area contributed by atoms with Crippen molar-refractivity contribution in [1.82, 2.24) is 4.57 Å². The van der Waals surface area contributed by atoms with Gasteiger partial charge in [0.15, 0.2) is 0 Å². The average Bonchev–Trinajstić information content (AvgIpc) is 2.89. The molecule has 0 aliphatic carbocycles. The minimum absolute atomic E-state index is 1.10. The first-order valence-electron chi connectivity index (χ1n) is 8.46. The predicted octanol–water partition coefficient (Wildman–Crippen LogP) is 6.89. The molecule has 4 rings (SSSR count). The Labute approximate surface area is 157 Å². The predicted molar refractivity (Wildman–Crippen MR) is 111 cm³/mol. The Morgan fingerprint density at radius 3 is 1.88 bits per heavy atom. The Balaban J connectivity index is 2.09. The maximum atomic E-state index is 3.62. The molecule has 0 spiro atoms. The van der Waals surface area contributed by atoms with E-state index in [1.54, 1.807) is 0 Å². The van der Waals surface area contributed by atoms with Gasteiger partial charge in [0, 0.05) is 28.0 Å². The zero-order valence-corrected chi connectivity index (χ0v) is 16.3. The highest BCUT2D eigenvalue weighted by atomic mass is 79.9.